The Bertz CT molecular complexity index is 784. The van der Waals surface area contributed by atoms with E-state index in [-0.39, 0.29) is 0 Å². The average molecular weight is 357 g/mol. The summed E-state index contributed by atoms with van der Waals surface area (Å²) in [6, 6.07) is 11.4. The van der Waals surface area contributed by atoms with E-state index in [1.807, 2.05) is 44.2 Å². The molecule has 0 bridgehead atoms. The summed E-state index contributed by atoms with van der Waals surface area (Å²) in [5.74, 6) is 1.65. The number of carbonyl (C=O) groups is 1. The van der Waals surface area contributed by atoms with Gasteiger partial charge in [0.1, 0.15) is 17.2 Å². The molecule has 0 aliphatic rings. The van der Waals surface area contributed by atoms with Crippen molar-refractivity contribution in [1.82, 2.24) is 0 Å². The van der Waals surface area contributed by atoms with Crippen LogP contribution in [0, 0.1) is 13.8 Å². The third-order valence-electron chi connectivity index (χ3n) is 3.86. The molecule has 0 spiro atoms. The van der Waals surface area contributed by atoms with Gasteiger partial charge in [-0.05, 0) is 81.6 Å². The summed E-state index contributed by atoms with van der Waals surface area (Å²) in [5, 5.41) is 0. The van der Waals surface area contributed by atoms with Crippen LogP contribution in [-0.4, -0.2) is 18.2 Å². The van der Waals surface area contributed by atoms with Gasteiger partial charge in [-0.1, -0.05) is 6.07 Å². The summed E-state index contributed by atoms with van der Waals surface area (Å²) in [6.45, 7) is 9.85. The van der Waals surface area contributed by atoms with Crippen molar-refractivity contribution < 1.29 is 19.0 Å². The maximum Gasteiger partial charge on any atom is 0.349 e. The largest absolute Gasteiger partial charge is 0.476 e. The molecule has 5 heteroatoms. The first-order valence-electron chi connectivity index (χ1n) is 8.70. The van der Waals surface area contributed by atoms with Crippen molar-refractivity contribution in [3.8, 4) is 17.2 Å². The summed E-state index contributed by atoms with van der Waals surface area (Å²) in [6.07, 6.45) is 0. The van der Waals surface area contributed by atoms with Crippen LogP contribution in [0.15, 0.2) is 36.4 Å². The van der Waals surface area contributed by atoms with Gasteiger partial charge in [-0.15, -0.1) is 0 Å². The molecule has 5 nitrogen and oxygen atoms in total. The molecular formula is C21H27NO4. The normalized spacial score (nSPS) is 11.2. The first-order valence-corrected chi connectivity index (χ1v) is 8.70. The van der Waals surface area contributed by atoms with Crippen LogP contribution in [0.3, 0.4) is 0 Å². The van der Waals surface area contributed by atoms with Crippen LogP contribution in [0.1, 0.15) is 37.5 Å². The standard InChI is InChI=1S/C21H27NO4/c1-6-24-20(23)21(4,5)26-19-8-7-17(11-15(19)3)25-18-10-14(2)9-16(12-18)13-22/h7-12H,6,13,22H2,1-5H3. The molecule has 140 valence electrons. The van der Waals surface area contributed by atoms with Gasteiger partial charge in [0.2, 0.25) is 0 Å². The smallest absolute Gasteiger partial charge is 0.349 e. The van der Waals surface area contributed by atoms with Crippen LogP contribution < -0.4 is 15.2 Å². The van der Waals surface area contributed by atoms with Crippen molar-refractivity contribution in [2.75, 3.05) is 6.61 Å². The van der Waals surface area contributed by atoms with Gasteiger partial charge in [-0.3, -0.25) is 0 Å². The van der Waals surface area contributed by atoms with Gasteiger partial charge in [0, 0.05) is 6.54 Å². The number of benzene rings is 2. The van der Waals surface area contributed by atoms with Gasteiger partial charge in [-0.2, -0.15) is 0 Å². The Labute approximate surface area is 155 Å². The van der Waals surface area contributed by atoms with E-state index in [1.54, 1.807) is 26.8 Å². The van der Waals surface area contributed by atoms with Crippen molar-refractivity contribution in [3.63, 3.8) is 0 Å². The second kappa shape index (κ2) is 8.23. The van der Waals surface area contributed by atoms with E-state index in [1.165, 1.54) is 0 Å². The minimum Gasteiger partial charge on any atom is -0.476 e. The Balaban J connectivity index is 2.17. The lowest BCUT2D eigenvalue weighted by molar-refractivity contribution is -0.158. The zero-order valence-electron chi connectivity index (χ0n) is 16.1. The number of hydrogen-bond donors (Lipinski definition) is 1. The molecule has 0 saturated heterocycles. The van der Waals surface area contributed by atoms with E-state index in [4.69, 9.17) is 19.9 Å². The highest BCUT2D eigenvalue weighted by Gasteiger charge is 2.32. The monoisotopic (exact) mass is 357 g/mol. The molecule has 2 aromatic carbocycles. The molecule has 2 rings (SSSR count). The van der Waals surface area contributed by atoms with Crippen LogP contribution in [-0.2, 0) is 16.1 Å². The van der Waals surface area contributed by atoms with E-state index in [9.17, 15) is 4.79 Å². The summed E-state index contributed by atoms with van der Waals surface area (Å²) in [7, 11) is 0. The van der Waals surface area contributed by atoms with E-state index in [0.717, 1.165) is 22.4 Å². The third kappa shape index (κ3) is 4.99. The van der Waals surface area contributed by atoms with Gasteiger partial charge >= 0.3 is 5.97 Å². The quantitative estimate of drug-likeness (QED) is 0.749. The Morgan fingerprint density at radius 3 is 2.42 bits per heavy atom. The Morgan fingerprint density at radius 1 is 1.08 bits per heavy atom. The van der Waals surface area contributed by atoms with E-state index >= 15 is 0 Å². The molecule has 0 saturated carbocycles. The molecule has 0 unspecified atom stereocenters. The van der Waals surface area contributed by atoms with Gasteiger partial charge in [0.25, 0.3) is 0 Å². The molecule has 2 aromatic rings. The SMILES string of the molecule is CCOC(=O)C(C)(C)Oc1ccc(Oc2cc(C)cc(CN)c2)cc1C. The number of esters is 1. The van der Waals surface area contributed by atoms with Crippen molar-refractivity contribution in [2.24, 2.45) is 5.73 Å². The van der Waals surface area contributed by atoms with Crippen molar-refractivity contribution in [1.29, 1.82) is 0 Å². The Morgan fingerprint density at radius 2 is 1.81 bits per heavy atom. The first kappa shape index (κ1) is 19.8. The third-order valence-corrected chi connectivity index (χ3v) is 3.86. The number of ether oxygens (including phenoxy) is 3. The van der Waals surface area contributed by atoms with E-state index in [0.29, 0.717) is 24.7 Å². The van der Waals surface area contributed by atoms with Crippen LogP contribution >= 0.6 is 0 Å². The maximum atomic E-state index is 12.0. The molecule has 0 fully saturated rings. The van der Waals surface area contributed by atoms with Gasteiger partial charge in [0.05, 0.1) is 6.61 Å². The predicted molar refractivity (Wildman–Crippen MR) is 102 cm³/mol. The topological polar surface area (TPSA) is 70.8 Å². The maximum absolute atomic E-state index is 12.0. The van der Waals surface area contributed by atoms with Gasteiger partial charge in [0.15, 0.2) is 5.60 Å². The Hall–Kier alpha value is -2.53. The lowest BCUT2D eigenvalue weighted by Gasteiger charge is -2.25. The minimum absolute atomic E-state index is 0.318. The molecule has 0 amide bonds. The van der Waals surface area contributed by atoms with Crippen molar-refractivity contribution in [2.45, 2.75) is 46.8 Å². The molecule has 0 aromatic heterocycles. The first-order chi connectivity index (χ1) is 12.2. The fourth-order valence-corrected chi connectivity index (χ4v) is 2.56. The molecule has 0 aliphatic carbocycles. The Kier molecular flexibility index (Phi) is 6.27. The van der Waals surface area contributed by atoms with Gasteiger partial charge in [-0.25, -0.2) is 4.79 Å². The van der Waals surface area contributed by atoms with Crippen LogP contribution in [0.4, 0.5) is 0 Å². The minimum atomic E-state index is -1.06. The molecule has 26 heavy (non-hydrogen) atoms. The van der Waals surface area contributed by atoms with Crippen molar-refractivity contribution >= 4 is 5.97 Å². The molecular weight excluding hydrogens is 330 g/mol. The average Bonchev–Trinajstić information content (AvgIpc) is 2.57. The number of carbonyl (C=O) groups excluding carboxylic acids is 1. The van der Waals surface area contributed by atoms with Crippen LogP contribution in [0.25, 0.3) is 0 Å². The molecule has 0 atom stereocenters. The van der Waals surface area contributed by atoms with E-state index in [2.05, 4.69) is 0 Å². The zero-order valence-corrected chi connectivity index (χ0v) is 16.1. The number of aryl methyl sites for hydroxylation is 2. The predicted octanol–water partition coefficient (Wildman–Crippen LogP) is 4.27. The fourth-order valence-electron chi connectivity index (χ4n) is 2.56. The summed E-state index contributed by atoms with van der Waals surface area (Å²) < 4.78 is 16.9. The summed E-state index contributed by atoms with van der Waals surface area (Å²) in [5.41, 5.74) is 7.64. The molecule has 2 N–H and O–H groups in total. The fraction of sp³-hybridized carbons (Fsp3) is 0.381. The van der Waals surface area contributed by atoms with Crippen molar-refractivity contribution in [3.05, 3.63) is 53.1 Å². The van der Waals surface area contributed by atoms with Gasteiger partial charge < -0.3 is 19.9 Å². The van der Waals surface area contributed by atoms with E-state index < -0.39 is 11.6 Å². The molecule has 0 aliphatic heterocycles. The second-order valence-corrected chi connectivity index (χ2v) is 6.72. The van der Waals surface area contributed by atoms with Crippen LogP contribution in [0.5, 0.6) is 17.2 Å². The van der Waals surface area contributed by atoms with Crippen LogP contribution in [0.2, 0.25) is 0 Å². The number of hydrogen-bond acceptors (Lipinski definition) is 5. The highest BCUT2D eigenvalue weighted by Crippen LogP contribution is 2.30. The molecule has 0 heterocycles. The molecule has 0 radical (unpaired) electrons. The zero-order chi connectivity index (χ0) is 19.3. The highest BCUT2D eigenvalue weighted by atomic mass is 16.6. The lowest BCUT2D eigenvalue weighted by atomic mass is 10.1. The summed E-state index contributed by atoms with van der Waals surface area (Å²) in [4.78, 5) is 12.0. The number of nitrogens with two attached hydrogens (primary N) is 1. The highest BCUT2D eigenvalue weighted by molar-refractivity contribution is 5.79. The summed E-state index contributed by atoms with van der Waals surface area (Å²) >= 11 is 0. The number of rotatable bonds is 7. The second-order valence-electron chi connectivity index (χ2n) is 6.72. The lowest BCUT2D eigenvalue weighted by Crippen LogP contribution is -2.39.